The molecule has 2 nitrogen and oxygen atoms in total. The molecule has 1 aliphatic rings. The Kier molecular flexibility index (Phi) is 1.91. The predicted molar refractivity (Wildman–Crippen MR) is 51.4 cm³/mol. The van der Waals surface area contributed by atoms with Crippen LogP contribution in [0, 0.1) is 0 Å². The number of hydrogen-bond acceptors (Lipinski definition) is 2. The van der Waals surface area contributed by atoms with Gasteiger partial charge in [-0.25, -0.2) is 0 Å². The van der Waals surface area contributed by atoms with Crippen molar-refractivity contribution < 1.29 is 9.84 Å². The van der Waals surface area contributed by atoms with Gasteiger partial charge in [0.1, 0.15) is 11.5 Å². The van der Waals surface area contributed by atoms with Crippen molar-refractivity contribution in [3.8, 4) is 11.5 Å². The van der Waals surface area contributed by atoms with E-state index in [1.54, 1.807) is 7.11 Å². The summed E-state index contributed by atoms with van der Waals surface area (Å²) in [4.78, 5) is 0. The van der Waals surface area contributed by atoms with Crippen LogP contribution >= 0.6 is 0 Å². The fraction of sp³-hybridized carbons (Fsp3) is 0.455. The zero-order valence-electron chi connectivity index (χ0n) is 8.05. The van der Waals surface area contributed by atoms with E-state index in [1.165, 1.54) is 5.56 Å². The van der Waals surface area contributed by atoms with Gasteiger partial charge in [-0.3, -0.25) is 0 Å². The largest absolute Gasteiger partial charge is 0.507 e. The highest BCUT2D eigenvalue weighted by Crippen LogP contribution is 2.40. The zero-order chi connectivity index (χ0) is 9.42. The van der Waals surface area contributed by atoms with Crippen LogP contribution < -0.4 is 4.74 Å². The number of aryl methyl sites for hydroxylation is 1. The average molecular weight is 178 g/mol. The monoisotopic (exact) mass is 178 g/mol. The molecular weight excluding hydrogens is 164 g/mol. The normalized spacial score (nSPS) is 13.4. The first-order valence-electron chi connectivity index (χ1n) is 4.68. The van der Waals surface area contributed by atoms with Crippen molar-refractivity contribution in [2.24, 2.45) is 0 Å². The van der Waals surface area contributed by atoms with Crippen molar-refractivity contribution in [2.75, 3.05) is 7.11 Å². The molecule has 2 rings (SSSR count). The number of hydrogen-bond donors (Lipinski definition) is 1. The van der Waals surface area contributed by atoms with Gasteiger partial charge in [0.25, 0.3) is 0 Å². The third-order valence-corrected chi connectivity index (χ3v) is 2.78. The molecule has 1 N–H and O–H groups in total. The first-order valence-corrected chi connectivity index (χ1v) is 4.68. The highest BCUT2D eigenvalue weighted by molar-refractivity contribution is 5.57. The number of phenolic OH excluding ortho intramolecular Hbond substituents is 1. The molecule has 1 aliphatic carbocycles. The minimum absolute atomic E-state index is 0.461. The molecule has 13 heavy (non-hydrogen) atoms. The van der Waals surface area contributed by atoms with Crippen LogP contribution in [-0.4, -0.2) is 12.2 Å². The number of phenols is 1. The van der Waals surface area contributed by atoms with Crippen molar-refractivity contribution in [1.29, 1.82) is 0 Å². The van der Waals surface area contributed by atoms with Gasteiger partial charge in [0.05, 0.1) is 7.11 Å². The highest BCUT2D eigenvalue weighted by atomic mass is 16.5. The molecular formula is C11H14O2. The first kappa shape index (κ1) is 8.42. The van der Waals surface area contributed by atoms with Gasteiger partial charge in [0.15, 0.2) is 0 Å². The molecule has 0 aromatic heterocycles. The lowest BCUT2D eigenvalue weighted by Gasteiger charge is -2.23. The van der Waals surface area contributed by atoms with Gasteiger partial charge >= 0.3 is 0 Å². The molecule has 1 aromatic rings. The SMILES string of the molecule is CCc1c(OC)cc2c(c1O)CC2. The molecule has 2 heteroatoms. The Hall–Kier alpha value is -1.18. The summed E-state index contributed by atoms with van der Waals surface area (Å²) in [6, 6.07) is 2.05. The lowest BCUT2D eigenvalue weighted by molar-refractivity contribution is 0.395. The van der Waals surface area contributed by atoms with Crippen LogP contribution in [-0.2, 0) is 19.3 Å². The van der Waals surface area contributed by atoms with E-state index in [4.69, 9.17) is 4.74 Å². The second-order valence-corrected chi connectivity index (χ2v) is 3.40. The molecule has 0 fully saturated rings. The number of benzene rings is 1. The Labute approximate surface area is 78.2 Å². The molecule has 70 valence electrons. The summed E-state index contributed by atoms with van der Waals surface area (Å²) in [6.07, 6.45) is 2.91. The van der Waals surface area contributed by atoms with Crippen LogP contribution in [0.15, 0.2) is 6.07 Å². The molecule has 0 saturated heterocycles. The molecule has 0 bridgehead atoms. The van der Waals surface area contributed by atoms with E-state index in [1.807, 2.05) is 6.92 Å². The smallest absolute Gasteiger partial charge is 0.126 e. The molecule has 0 saturated carbocycles. The number of rotatable bonds is 2. The number of ether oxygens (including phenoxy) is 1. The van der Waals surface area contributed by atoms with Gasteiger partial charge in [-0.05, 0) is 36.5 Å². The number of fused-ring (bicyclic) bond motifs is 1. The third kappa shape index (κ3) is 1.09. The van der Waals surface area contributed by atoms with E-state index in [-0.39, 0.29) is 0 Å². The van der Waals surface area contributed by atoms with E-state index in [0.717, 1.165) is 36.1 Å². The molecule has 0 amide bonds. The minimum atomic E-state index is 0.461. The Morgan fingerprint density at radius 3 is 2.69 bits per heavy atom. The fourth-order valence-corrected chi connectivity index (χ4v) is 1.89. The van der Waals surface area contributed by atoms with Crippen LogP contribution in [0.4, 0.5) is 0 Å². The summed E-state index contributed by atoms with van der Waals surface area (Å²) in [7, 11) is 1.65. The van der Waals surface area contributed by atoms with Gasteiger partial charge in [0, 0.05) is 5.56 Å². The van der Waals surface area contributed by atoms with Crippen LogP contribution in [0.1, 0.15) is 23.6 Å². The summed E-state index contributed by atoms with van der Waals surface area (Å²) >= 11 is 0. The maximum atomic E-state index is 9.86. The first-order chi connectivity index (χ1) is 6.27. The van der Waals surface area contributed by atoms with E-state index >= 15 is 0 Å². The molecule has 0 spiro atoms. The standard InChI is InChI=1S/C11H14O2/c1-3-8-10(13-2)6-7-4-5-9(7)11(8)12/h6,12H,3-5H2,1-2H3. The summed E-state index contributed by atoms with van der Waals surface area (Å²) in [5.41, 5.74) is 3.31. The Bertz CT molecular complexity index is 342. The van der Waals surface area contributed by atoms with Crippen LogP contribution in [0.25, 0.3) is 0 Å². The second-order valence-electron chi connectivity index (χ2n) is 3.40. The topological polar surface area (TPSA) is 29.5 Å². The molecule has 0 aliphatic heterocycles. The van der Waals surface area contributed by atoms with E-state index < -0.39 is 0 Å². The molecule has 0 atom stereocenters. The maximum Gasteiger partial charge on any atom is 0.126 e. The van der Waals surface area contributed by atoms with Crippen LogP contribution in [0.2, 0.25) is 0 Å². The van der Waals surface area contributed by atoms with Crippen molar-refractivity contribution in [3.63, 3.8) is 0 Å². The predicted octanol–water partition coefficient (Wildman–Crippen LogP) is 2.06. The highest BCUT2D eigenvalue weighted by Gasteiger charge is 2.22. The lowest BCUT2D eigenvalue weighted by Crippen LogP contribution is -2.10. The number of methoxy groups -OCH3 is 1. The van der Waals surface area contributed by atoms with Gasteiger partial charge < -0.3 is 9.84 Å². The molecule has 0 unspecified atom stereocenters. The van der Waals surface area contributed by atoms with Crippen molar-refractivity contribution in [3.05, 3.63) is 22.8 Å². The average Bonchev–Trinajstić information content (AvgIpc) is 2.08. The third-order valence-electron chi connectivity index (χ3n) is 2.78. The van der Waals surface area contributed by atoms with Crippen LogP contribution in [0.3, 0.4) is 0 Å². The maximum absolute atomic E-state index is 9.86. The minimum Gasteiger partial charge on any atom is -0.507 e. The summed E-state index contributed by atoms with van der Waals surface area (Å²) in [5, 5.41) is 9.86. The second kappa shape index (κ2) is 2.95. The molecule has 1 aromatic carbocycles. The Morgan fingerprint density at radius 1 is 1.46 bits per heavy atom. The number of aromatic hydroxyl groups is 1. The van der Waals surface area contributed by atoms with Crippen molar-refractivity contribution in [2.45, 2.75) is 26.2 Å². The Morgan fingerprint density at radius 2 is 2.23 bits per heavy atom. The van der Waals surface area contributed by atoms with E-state index in [0.29, 0.717) is 5.75 Å². The van der Waals surface area contributed by atoms with E-state index in [9.17, 15) is 5.11 Å². The molecule has 0 heterocycles. The van der Waals surface area contributed by atoms with Gasteiger partial charge in [0.2, 0.25) is 0 Å². The van der Waals surface area contributed by atoms with Gasteiger partial charge in [-0.2, -0.15) is 0 Å². The quantitative estimate of drug-likeness (QED) is 0.751. The summed E-state index contributed by atoms with van der Waals surface area (Å²) < 4.78 is 5.23. The summed E-state index contributed by atoms with van der Waals surface area (Å²) in [5.74, 6) is 1.29. The van der Waals surface area contributed by atoms with Gasteiger partial charge in [-0.15, -0.1) is 0 Å². The van der Waals surface area contributed by atoms with Gasteiger partial charge in [-0.1, -0.05) is 6.92 Å². The lowest BCUT2D eigenvalue weighted by atomic mass is 9.85. The van der Waals surface area contributed by atoms with Crippen LogP contribution in [0.5, 0.6) is 11.5 Å². The van der Waals surface area contributed by atoms with Crippen molar-refractivity contribution >= 4 is 0 Å². The fourth-order valence-electron chi connectivity index (χ4n) is 1.89. The molecule has 0 radical (unpaired) electrons. The Balaban J connectivity index is 2.58. The summed E-state index contributed by atoms with van der Waals surface area (Å²) in [6.45, 7) is 2.03. The van der Waals surface area contributed by atoms with Crippen molar-refractivity contribution in [1.82, 2.24) is 0 Å². The zero-order valence-corrected chi connectivity index (χ0v) is 8.05. The van der Waals surface area contributed by atoms with E-state index in [2.05, 4.69) is 6.07 Å².